The molecule has 1 aliphatic rings. The fraction of sp³-hybridized carbons (Fsp3) is 0.312. The minimum absolute atomic E-state index is 0.0609. The van der Waals surface area contributed by atoms with Crippen molar-refractivity contribution in [1.29, 1.82) is 0 Å². The minimum Gasteiger partial charge on any atom is -0.354 e. The molecule has 3 aromatic carbocycles. The van der Waals surface area contributed by atoms with Gasteiger partial charge in [0.15, 0.2) is 0 Å². The average molecular weight is 560 g/mol. The predicted octanol–water partition coefficient (Wildman–Crippen LogP) is 5.27. The van der Waals surface area contributed by atoms with Gasteiger partial charge in [0, 0.05) is 37.5 Å². The van der Waals surface area contributed by atoms with E-state index in [2.05, 4.69) is 12.2 Å². The van der Waals surface area contributed by atoms with E-state index < -0.39 is 6.04 Å². The van der Waals surface area contributed by atoms with Crippen LogP contribution in [0.1, 0.15) is 64.4 Å². The van der Waals surface area contributed by atoms with Gasteiger partial charge in [0.2, 0.25) is 11.8 Å². The molecule has 0 saturated heterocycles. The first-order chi connectivity index (χ1) is 19.4. The van der Waals surface area contributed by atoms with Gasteiger partial charge in [-0.25, -0.2) is 0 Å². The molecule has 0 aliphatic carbocycles. The molecule has 0 spiro atoms. The molecule has 1 atom stereocenters. The van der Waals surface area contributed by atoms with E-state index in [0.717, 1.165) is 24.0 Å². The highest BCUT2D eigenvalue weighted by atomic mass is 35.5. The Hall–Kier alpha value is -3.97. The smallest absolute Gasteiger partial charge is 0.261 e. The van der Waals surface area contributed by atoms with E-state index in [1.165, 1.54) is 4.90 Å². The molecule has 7 nitrogen and oxygen atoms in total. The van der Waals surface area contributed by atoms with Crippen molar-refractivity contribution in [3.63, 3.8) is 0 Å². The van der Waals surface area contributed by atoms with Crippen LogP contribution in [0, 0.1) is 0 Å². The van der Waals surface area contributed by atoms with Gasteiger partial charge in [-0.3, -0.25) is 24.1 Å². The lowest BCUT2D eigenvalue weighted by molar-refractivity contribution is -0.141. The Bertz CT molecular complexity index is 1330. The highest BCUT2D eigenvalue weighted by Crippen LogP contribution is 2.24. The quantitative estimate of drug-likeness (QED) is 0.228. The standard InChI is InChI=1S/C32H34ClN3O4/c1-2-3-19-34-30(38)28(21-23-12-5-4-6-13-23)36(22-24-14-7-10-17-27(24)33)29(37)18-11-20-35-31(39)25-15-8-9-16-26(25)32(35)40/h4-10,12-17,28H,2-3,11,18-22H2,1H3,(H,34,38). The molecule has 4 amide bonds. The van der Waals surface area contributed by atoms with E-state index >= 15 is 0 Å². The normalized spacial score (nSPS) is 13.2. The maximum Gasteiger partial charge on any atom is 0.261 e. The number of carbonyl (C=O) groups excluding carboxylic acids is 4. The molecule has 4 rings (SSSR count). The molecule has 0 saturated carbocycles. The van der Waals surface area contributed by atoms with Crippen molar-refractivity contribution in [3.05, 3.63) is 106 Å². The Kier molecular flexibility index (Phi) is 10.1. The lowest BCUT2D eigenvalue weighted by Crippen LogP contribution is -2.50. The second-order valence-corrected chi connectivity index (χ2v) is 10.3. The van der Waals surface area contributed by atoms with Gasteiger partial charge < -0.3 is 10.2 Å². The molecule has 8 heteroatoms. The monoisotopic (exact) mass is 559 g/mol. The molecule has 0 fully saturated rings. The topological polar surface area (TPSA) is 86.8 Å². The zero-order valence-corrected chi connectivity index (χ0v) is 23.4. The largest absolute Gasteiger partial charge is 0.354 e. The number of carbonyl (C=O) groups is 4. The number of nitrogens with zero attached hydrogens (tertiary/aromatic N) is 2. The highest BCUT2D eigenvalue weighted by Gasteiger charge is 2.35. The fourth-order valence-electron chi connectivity index (χ4n) is 4.84. The van der Waals surface area contributed by atoms with Crippen LogP contribution < -0.4 is 5.32 Å². The lowest BCUT2D eigenvalue weighted by atomic mass is 10.0. The number of benzene rings is 3. The summed E-state index contributed by atoms with van der Waals surface area (Å²) in [4.78, 5) is 55.6. The molecule has 1 aliphatic heterocycles. The summed E-state index contributed by atoms with van der Waals surface area (Å²) in [7, 11) is 0. The van der Waals surface area contributed by atoms with Gasteiger partial charge in [-0.2, -0.15) is 0 Å². The number of rotatable bonds is 13. The summed E-state index contributed by atoms with van der Waals surface area (Å²) in [6, 6.07) is 22.8. The molecule has 3 aromatic rings. The number of unbranched alkanes of at least 4 members (excludes halogenated alkanes) is 1. The Morgan fingerprint density at radius 3 is 2.15 bits per heavy atom. The SMILES string of the molecule is CCCCNC(=O)C(Cc1ccccc1)N(Cc1ccccc1Cl)C(=O)CCCN1C(=O)c2ccccc2C1=O. The second kappa shape index (κ2) is 13.9. The van der Waals surface area contributed by atoms with Crippen LogP contribution >= 0.6 is 11.6 Å². The number of imide groups is 1. The van der Waals surface area contributed by atoms with Crippen LogP contribution in [0.5, 0.6) is 0 Å². The van der Waals surface area contributed by atoms with Crippen LogP contribution in [0.4, 0.5) is 0 Å². The zero-order valence-electron chi connectivity index (χ0n) is 22.6. The van der Waals surface area contributed by atoms with Gasteiger partial charge in [-0.15, -0.1) is 0 Å². The molecular formula is C32H34ClN3O4. The summed E-state index contributed by atoms with van der Waals surface area (Å²) in [5.41, 5.74) is 2.43. The number of halogens is 1. The summed E-state index contributed by atoms with van der Waals surface area (Å²) in [5.74, 6) is -1.17. The fourth-order valence-corrected chi connectivity index (χ4v) is 5.04. The number of hydrogen-bond donors (Lipinski definition) is 1. The van der Waals surface area contributed by atoms with Crippen molar-refractivity contribution in [1.82, 2.24) is 15.1 Å². The van der Waals surface area contributed by atoms with Crippen LogP contribution in [0.15, 0.2) is 78.9 Å². The van der Waals surface area contributed by atoms with Crippen LogP contribution in [0.2, 0.25) is 5.02 Å². The summed E-state index contributed by atoms with van der Waals surface area (Å²) in [5, 5.41) is 3.51. The van der Waals surface area contributed by atoms with Crippen molar-refractivity contribution in [2.24, 2.45) is 0 Å². The molecule has 0 aromatic heterocycles. The maximum atomic E-state index is 13.8. The van der Waals surface area contributed by atoms with Gasteiger partial charge in [0.1, 0.15) is 6.04 Å². The van der Waals surface area contributed by atoms with E-state index in [4.69, 9.17) is 11.6 Å². The van der Waals surface area contributed by atoms with Crippen molar-refractivity contribution in [2.75, 3.05) is 13.1 Å². The first-order valence-electron chi connectivity index (χ1n) is 13.7. The molecule has 1 unspecified atom stereocenters. The Morgan fingerprint density at radius 2 is 1.50 bits per heavy atom. The number of amides is 4. The molecule has 1 heterocycles. The molecule has 0 radical (unpaired) electrons. The van der Waals surface area contributed by atoms with Crippen LogP contribution in [0.3, 0.4) is 0 Å². The highest BCUT2D eigenvalue weighted by molar-refractivity contribution is 6.31. The number of hydrogen-bond acceptors (Lipinski definition) is 4. The van der Waals surface area contributed by atoms with Crippen molar-refractivity contribution < 1.29 is 19.2 Å². The first-order valence-corrected chi connectivity index (χ1v) is 14.1. The van der Waals surface area contributed by atoms with Gasteiger partial charge in [-0.1, -0.05) is 85.6 Å². The Morgan fingerprint density at radius 1 is 0.875 bits per heavy atom. The molecule has 0 bridgehead atoms. The molecule has 208 valence electrons. The van der Waals surface area contributed by atoms with Crippen molar-refractivity contribution >= 4 is 35.2 Å². The predicted molar refractivity (Wildman–Crippen MR) is 155 cm³/mol. The summed E-state index contributed by atoms with van der Waals surface area (Å²) < 4.78 is 0. The molecule has 40 heavy (non-hydrogen) atoms. The van der Waals surface area contributed by atoms with Crippen molar-refractivity contribution in [2.45, 2.75) is 51.6 Å². The summed E-state index contributed by atoms with van der Waals surface area (Å²) in [6.07, 6.45) is 2.45. The first kappa shape index (κ1) is 29.0. The van der Waals surface area contributed by atoms with E-state index in [0.29, 0.717) is 29.1 Å². The average Bonchev–Trinajstić information content (AvgIpc) is 3.21. The third-order valence-corrected chi connectivity index (χ3v) is 7.42. The van der Waals surface area contributed by atoms with E-state index in [9.17, 15) is 19.2 Å². The molecule has 1 N–H and O–H groups in total. The number of fused-ring (bicyclic) bond motifs is 1. The van der Waals surface area contributed by atoms with E-state index in [-0.39, 0.29) is 49.6 Å². The third kappa shape index (κ3) is 6.96. The molecular weight excluding hydrogens is 526 g/mol. The third-order valence-electron chi connectivity index (χ3n) is 7.05. The van der Waals surface area contributed by atoms with Crippen LogP contribution in [0.25, 0.3) is 0 Å². The van der Waals surface area contributed by atoms with Crippen LogP contribution in [-0.4, -0.2) is 52.6 Å². The van der Waals surface area contributed by atoms with Gasteiger partial charge in [-0.05, 0) is 42.2 Å². The van der Waals surface area contributed by atoms with Gasteiger partial charge >= 0.3 is 0 Å². The second-order valence-electron chi connectivity index (χ2n) is 9.87. The minimum atomic E-state index is -0.762. The van der Waals surface area contributed by atoms with Crippen molar-refractivity contribution in [3.8, 4) is 0 Å². The van der Waals surface area contributed by atoms with Gasteiger partial charge in [0.25, 0.3) is 11.8 Å². The maximum absolute atomic E-state index is 13.8. The van der Waals surface area contributed by atoms with E-state index in [1.54, 1.807) is 35.2 Å². The lowest BCUT2D eigenvalue weighted by Gasteiger charge is -2.32. The Labute approximate surface area is 240 Å². The summed E-state index contributed by atoms with van der Waals surface area (Å²) >= 11 is 6.47. The zero-order chi connectivity index (χ0) is 28.5. The van der Waals surface area contributed by atoms with Gasteiger partial charge in [0.05, 0.1) is 11.1 Å². The van der Waals surface area contributed by atoms with Crippen LogP contribution in [-0.2, 0) is 22.6 Å². The summed E-state index contributed by atoms with van der Waals surface area (Å²) in [6.45, 7) is 2.85. The van der Waals surface area contributed by atoms with E-state index in [1.807, 2.05) is 48.5 Å². The Balaban J connectivity index is 1.54. The number of nitrogens with one attached hydrogen (secondary N) is 1.